The molecule has 3 nitrogen and oxygen atoms in total. The van der Waals surface area contributed by atoms with E-state index in [1.54, 1.807) is 6.07 Å². The summed E-state index contributed by atoms with van der Waals surface area (Å²) in [4.78, 5) is 22.8. The van der Waals surface area contributed by atoms with Gasteiger partial charge in [-0.05, 0) is 47.3 Å². The second kappa shape index (κ2) is 3.85. The maximum Gasteiger partial charge on any atom is 0.346 e. The molecule has 90 valence electrons. The molecule has 3 rings (SSSR count). The number of carbonyl (C=O) groups is 2. The number of thioether (sulfide) groups is 1. The molecule has 2 aliphatic rings. The predicted octanol–water partition coefficient (Wildman–Crippen LogP) is 2.87. The Morgan fingerprint density at radius 1 is 1.47 bits per heavy atom. The maximum atomic E-state index is 11.1. The lowest BCUT2D eigenvalue weighted by atomic mass is 9.61. The van der Waals surface area contributed by atoms with Gasteiger partial charge in [-0.15, -0.1) is 11.3 Å². The first-order chi connectivity index (χ1) is 8.13. The van der Waals surface area contributed by atoms with E-state index in [2.05, 4.69) is 0 Å². The largest absolute Gasteiger partial charge is 0.477 e. The van der Waals surface area contributed by atoms with Gasteiger partial charge in [-0.3, -0.25) is 4.79 Å². The Hall–Kier alpha value is -0.810. The lowest BCUT2D eigenvalue weighted by Crippen LogP contribution is -2.46. The zero-order valence-electron chi connectivity index (χ0n) is 9.14. The van der Waals surface area contributed by atoms with Crippen LogP contribution in [-0.2, 0) is 0 Å². The number of thiophene rings is 1. The van der Waals surface area contributed by atoms with Crippen molar-refractivity contribution in [3.63, 3.8) is 0 Å². The minimum atomic E-state index is -0.901. The van der Waals surface area contributed by atoms with Crippen molar-refractivity contribution in [1.82, 2.24) is 0 Å². The molecule has 5 heteroatoms. The third-order valence-corrected chi connectivity index (χ3v) is 6.40. The number of carboxylic acids is 1. The molecule has 0 amide bonds. The molecule has 1 aliphatic heterocycles. The van der Waals surface area contributed by atoms with Crippen molar-refractivity contribution in [2.45, 2.75) is 18.8 Å². The predicted molar refractivity (Wildman–Crippen MR) is 68.4 cm³/mol. The van der Waals surface area contributed by atoms with Gasteiger partial charge in [-0.2, -0.15) is 11.8 Å². The van der Waals surface area contributed by atoms with E-state index >= 15 is 0 Å². The zero-order chi connectivity index (χ0) is 12.0. The second-order valence-electron chi connectivity index (χ2n) is 4.95. The summed E-state index contributed by atoms with van der Waals surface area (Å²) in [5.74, 6) is 1.89. The van der Waals surface area contributed by atoms with E-state index in [0.717, 1.165) is 36.0 Å². The Kier molecular flexibility index (Phi) is 2.56. The fourth-order valence-electron chi connectivity index (χ4n) is 2.79. The van der Waals surface area contributed by atoms with Crippen LogP contribution in [-0.4, -0.2) is 28.9 Å². The van der Waals surface area contributed by atoms with Crippen molar-refractivity contribution in [2.75, 3.05) is 11.5 Å². The maximum absolute atomic E-state index is 11.1. The number of rotatable bonds is 3. The Morgan fingerprint density at radius 3 is 2.65 bits per heavy atom. The first kappa shape index (κ1) is 11.3. The fourth-order valence-corrected chi connectivity index (χ4v) is 4.94. The van der Waals surface area contributed by atoms with Gasteiger partial charge in [-0.25, -0.2) is 4.79 Å². The van der Waals surface area contributed by atoms with Gasteiger partial charge < -0.3 is 5.11 Å². The summed E-state index contributed by atoms with van der Waals surface area (Å²) in [6.45, 7) is 0. The Bertz CT molecular complexity index is 480. The number of carbonyl (C=O) groups excluding carboxylic acids is 1. The molecule has 17 heavy (non-hydrogen) atoms. The van der Waals surface area contributed by atoms with E-state index in [1.807, 2.05) is 11.8 Å². The van der Waals surface area contributed by atoms with Crippen LogP contribution >= 0.6 is 23.1 Å². The molecule has 0 bridgehead atoms. The molecule has 0 aromatic carbocycles. The number of aromatic carboxylic acids is 1. The van der Waals surface area contributed by atoms with Crippen LogP contribution in [0.15, 0.2) is 6.07 Å². The Labute approximate surface area is 107 Å². The molecule has 1 saturated heterocycles. The van der Waals surface area contributed by atoms with Crippen molar-refractivity contribution in [2.24, 2.45) is 5.41 Å². The van der Waals surface area contributed by atoms with Crippen molar-refractivity contribution >= 4 is 35.4 Å². The standard InChI is InChI=1S/C12H12O3S2/c13-4-8-1-9(10(17-8)11(14)15)7-2-12(3-7)5-16-6-12/h1,4,7H,2-3,5-6H2,(H,14,15). The molecular formula is C12H12O3S2. The van der Waals surface area contributed by atoms with Crippen molar-refractivity contribution in [3.8, 4) is 0 Å². The molecule has 1 aromatic heterocycles. The van der Waals surface area contributed by atoms with Gasteiger partial charge in [0.25, 0.3) is 0 Å². The third-order valence-electron chi connectivity index (χ3n) is 3.71. The molecule has 1 N–H and O–H groups in total. The van der Waals surface area contributed by atoms with E-state index < -0.39 is 5.97 Å². The number of hydrogen-bond donors (Lipinski definition) is 1. The van der Waals surface area contributed by atoms with E-state index in [0.29, 0.717) is 21.1 Å². The van der Waals surface area contributed by atoms with Crippen LogP contribution in [0.25, 0.3) is 0 Å². The first-order valence-electron chi connectivity index (χ1n) is 5.53. The highest BCUT2D eigenvalue weighted by molar-refractivity contribution is 8.00. The monoisotopic (exact) mass is 268 g/mol. The second-order valence-corrected chi connectivity index (χ2v) is 7.02. The van der Waals surface area contributed by atoms with E-state index in [9.17, 15) is 9.59 Å². The van der Waals surface area contributed by atoms with Gasteiger partial charge in [0, 0.05) is 0 Å². The van der Waals surface area contributed by atoms with Gasteiger partial charge in [0.15, 0.2) is 6.29 Å². The average molecular weight is 268 g/mol. The molecule has 0 unspecified atom stereocenters. The zero-order valence-corrected chi connectivity index (χ0v) is 10.8. The minimum absolute atomic E-state index is 0.354. The van der Waals surface area contributed by atoms with Crippen molar-refractivity contribution in [3.05, 3.63) is 21.4 Å². The summed E-state index contributed by atoms with van der Waals surface area (Å²) in [5.41, 5.74) is 1.38. The summed E-state index contributed by atoms with van der Waals surface area (Å²) < 4.78 is 0. The molecule has 2 heterocycles. The van der Waals surface area contributed by atoms with Crippen LogP contribution < -0.4 is 0 Å². The SMILES string of the molecule is O=Cc1cc(C2CC3(CSC3)C2)c(C(=O)O)s1. The number of carboxylic acid groups (broad SMARTS) is 1. The van der Waals surface area contributed by atoms with Crippen LogP contribution in [0.3, 0.4) is 0 Å². The first-order valence-corrected chi connectivity index (χ1v) is 7.51. The lowest BCUT2D eigenvalue weighted by Gasteiger charge is -2.53. The summed E-state index contributed by atoms with van der Waals surface area (Å²) >= 11 is 3.07. The number of aldehydes is 1. The van der Waals surface area contributed by atoms with Crippen LogP contribution in [0.4, 0.5) is 0 Å². The molecule has 0 radical (unpaired) electrons. The van der Waals surface area contributed by atoms with Crippen molar-refractivity contribution in [1.29, 1.82) is 0 Å². The fraction of sp³-hybridized carbons (Fsp3) is 0.500. The van der Waals surface area contributed by atoms with Crippen LogP contribution in [0.1, 0.15) is 43.7 Å². The molecule has 1 spiro atoms. The topological polar surface area (TPSA) is 54.4 Å². The summed E-state index contributed by atoms with van der Waals surface area (Å²) in [6.07, 6.45) is 2.93. The highest BCUT2D eigenvalue weighted by atomic mass is 32.2. The Balaban J connectivity index is 1.84. The average Bonchev–Trinajstić information content (AvgIpc) is 2.57. The summed E-state index contributed by atoms with van der Waals surface area (Å²) in [7, 11) is 0. The van der Waals surface area contributed by atoms with E-state index in [4.69, 9.17) is 5.11 Å². The van der Waals surface area contributed by atoms with Crippen LogP contribution in [0, 0.1) is 5.41 Å². The van der Waals surface area contributed by atoms with Gasteiger partial charge in [0.1, 0.15) is 4.88 Å². The molecule has 2 fully saturated rings. The normalized spacial score (nSPS) is 21.9. The van der Waals surface area contributed by atoms with Crippen LogP contribution in [0.5, 0.6) is 0 Å². The van der Waals surface area contributed by atoms with Gasteiger partial charge in [-0.1, -0.05) is 0 Å². The van der Waals surface area contributed by atoms with E-state index in [-0.39, 0.29) is 0 Å². The highest BCUT2D eigenvalue weighted by Crippen LogP contribution is 2.60. The van der Waals surface area contributed by atoms with Gasteiger partial charge >= 0.3 is 5.97 Å². The molecule has 1 saturated carbocycles. The smallest absolute Gasteiger partial charge is 0.346 e. The minimum Gasteiger partial charge on any atom is -0.477 e. The van der Waals surface area contributed by atoms with Crippen molar-refractivity contribution < 1.29 is 14.7 Å². The summed E-state index contributed by atoms with van der Waals surface area (Å²) in [5, 5.41) is 9.13. The van der Waals surface area contributed by atoms with Gasteiger partial charge in [0.2, 0.25) is 0 Å². The quantitative estimate of drug-likeness (QED) is 0.856. The summed E-state index contributed by atoms with van der Waals surface area (Å²) in [6, 6.07) is 1.77. The molecule has 1 aliphatic carbocycles. The molecular weight excluding hydrogens is 256 g/mol. The van der Waals surface area contributed by atoms with Gasteiger partial charge in [0.05, 0.1) is 4.88 Å². The van der Waals surface area contributed by atoms with E-state index in [1.165, 1.54) is 11.5 Å². The van der Waals surface area contributed by atoms with Crippen LogP contribution in [0.2, 0.25) is 0 Å². The molecule has 1 aromatic rings. The number of hydrogen-bond acceptors (Lipinski definition) is 4. The highest BCUT2D eigenvalue weighted by Gasteiger charge is 2.50. The Morgan fingerprint density at radius 2 is 2.18 bits per heavy atom. The third kappa shape index (κ3) is 1.72. The lowest BCUT2D eigenvalue weighted by molar-refractivity contribution is 0.0696. The molecule has 0 atom stereocenters.